The highest BCUT2D eigenvalue weighted by molar-refractivity contribution is 6.68. The predicted molar refractivity (Wildman–Crippen MR) is 50.4 cm³/mol. The van der Waals surface area contributed by atoms with Crippen LogP contribution in [0.5, 0.6) is 0 Å². The molecule has 0 aromatic heterocycles. The van der Waals surface area contributed by atoms with Crippen molar-refractivity contribution in [3.8, 4) is 0 Å². The Morgan fingerprint density at radius 1 is 1.36 bits per heavy atom. The molecule has 2 atom stereocenters. The van der Waals surface area contributed by atoms with Gasteiger partial charge in [0, 0.05) is 0 Å². The molecule has 0 heterocycles. The van der Waals surface area contributed by atoms with E-state index in [2.05, 4.69) is 0 Å². The van der Waals surface area contributed by atoms with E-state index >= 15 is 0 Å². The zero-order chi connectivity index (χ0) is 9.07. The maximum absolute atomic E-state index is 9.39. The van der Waals surface area contributed by atoms with Gasteiger partial charge in [-0.1, -0.05) is 55.1 Å². The lowest BCUT2D eigenvalue weighted by atomic mass is 10.0. The van der Waals surface area contributed by atoms with Gasteiger partial charge >= 0.3 is 0 Å². The molecule has 0 spiro atoms. The van der Waals surface area contributed by atoms with Crippen LogP contribution in [0.4, 0.5) is 0 Å². The van der Waals surface area contributed by atoms with Crippen molar-refractivity contribution >= 4 is 34.8 Å². The Morgan fingerprint density at radius 3 is 2.09 bits per heavy atom. The molecule has 0 bridgehead atoms. The summed E-state index contributed by atoms with van der Waals surface area (Å²) in [6.45, 7) is 3.90. The van der Waals surface area contributed by atoms with E-state index in [9.17, 15) is 5.11 Å². The van der Waals surface area contributed by atoms with Gasteiger partial charge in [-0.05, 0) is 12.3 Å². The standard InChI is InChI=1S/C7H13Cl3O/c1-3-4-5(2)6(11)7(8,9)10/h5-6,11H,3-4H2,1-2H3/t5?,6-/m1/s1. The van der Waals surface area contributed by atoms with E-state index in [1.54, 1.807) is 0 Å². The minimum Gasteiger partial charge on any atom is -0.388 e. The SMILES string of the molecule is CCCC(C)[C@@H](O)C(Cl)(Cl)Cl. The molecule has 1 unspecified atom stereocenters. The van der Waals surface area contributed by atoms with Gasteiger partial charge in [-0.2, -0.15) is 0 Å². The molecule has 0 aliphatic carbocycles. The lowest BCUT2D eigenvalue weighted by Crippen LogP contribution is -2.31. The molecule has 0 saturated carbocycles. The summed E-state index contributed by atoms with van der Waals surface area (Å²) in [6.07, 6.45) is 0.987. The molecule has 0 aliphatic heterocycles. The van der Waals surface area contributed by atoms with E-state index in [0.717, 1.165) is 12.8 Å². The molecular weight excluding hydrogens is 206 g/mol. The van der Waals surface area contributed by atoms with Crippen molar-refractivity contribution in [3.05, 3.63) is 0 Å². The molecule has 0 radical (unpaired) electrons. The Morgan fingerprint density at radius 2 is 1.82 bits per heavy atom. The molecule has 0 rings (SSSR count). The first-order chi connectivity index (χ1) is 4.89. The number of aliphatic hydroxyl groups is 1. The first kappa shape index (κ1) is 11.8. The van der Waals surface area contributed by atoms with Crippen molar-refractivity contribution in [1.82, 2.24) is 0 Å². The molecule has 68 valence electrons. The summed E-state index contributed by atoms with van der Waals surface area (Å²) < 4.78 is -1.55. The van der Waals surface area contributed by atoms with Gasteiger partial charge in [0.2, 0.25) is 3.79 Å². The number of alkyl halides is 3. The second-order valence-electron chi connectivity index (χ2n) is 2.75. The van der Waals surface area contributed by atoms with Gasteiger partial charge in [0.05, 0.1) is 0 Å². The fourth-order valence-electron chi connectivity index (χ4n) is 0.936. The minimum atomic E-state index is -1.55. The summed E-state index contributed by atoms with van der Waals surface area (Å²) in [5, 5.41) is 9.39. The van der Waals surface area contributed by atoms with E-state index in [1.807, 2.05) is 13.8 Å². The van der Waals surface area contributed by atoms with Crippen molar-refractivity contribution in [2.24, 2.45) is 5.92 Å². The van der Waals surface area contributed by atoms with E-state index in [1.165, 1.54) is 0 Å². The highest BCUT2D eigenvalue weighted by Crippen LogP contribution is 2.35. The van der Waals surface area contributed by atoms with E-state index in [4.69, 9.17) is 34.8 Å². The maximum Gasteiger partial charge on any atom is 0.216 e. The first-order valence-corrected chi connectivity index (χ1v) is 4.77. The Kier molecular flexibility index (Phi) is 5.12. The van der Waals surface area contributed by atoms with E-state index < -0.39 is 9.90 Å². The number of rotatable bonds is 3. The molecule has 0 aliphatic rings. The molecule has 1 nitrogen and oxygen atoms in total. The molecule has 0 fully saturated rings. The number of halogens is 3. The molecule has 0 aromatic carbocycles. The van der Waals surface area contributed by atoms with Crippen LogP contribution < -0.4 is 0 Å². The monoisotopic (exact) mass is 218 g/mol. The Balaban J connectivity index is 3.91. The second kappa shape index (κ2) is 4.76. The smallest absolute Gasteiger partial charge is 0.216 e. The molecule has 1 N–H and O–H groups in total. The predicted octanol–water partition coefficient (Wildman–Crippen LogP) is 3.15. The lowest BCUT2D eigenvalue weighted by molar-refractivity contribution is 0.115. The van der Waals surface area contributed by atoms with Gasteiger partial charge in [0.15, 0.2) is 0 Å². The van der Waals surface area contributed by atoms with Gasteiger partial charge in [-0.25, -0.2) is 0 Å². The Labute approximate surface area is 82.6 Å². The molecule has 0 saturated heterocycles. The van der Waals surface area contributed by atoms with Crippen LogP contribution in [0, 0.1) is 5.92 Å². The van der Waals surface area contributed by atoms with Gasteiger partial charge in [-0.3, -0.25) is 0 Å². The van der Waals surface area contributed by atoms with Crippen molar-refractivity contribution < 1.29 is 5.11 Å². The summed E-state index contributed by atoms with van der Waals surface area (Å²) in [6, 6.07) is 0. The van der Waals surface area contributed by atoms with Crippen molar-refractivity contribution in [2.45, 2.75) is 36.6 Å². The third kappa shape index (κ3) is 4.41. The van der Waals surface area contributed by atoms with Crippen molar-refractivity contribution in [1.29, 1.82) is 0 Å². The number of aliphatic hydroxyl groups excluding tert-OH is 1. The molecule has 0 aromatic rings. The van der Waals surface area contributed by atoms with Crippen LogP contribution in [0.25, 0.3) is 0 Å². The van der Waals surface area contributed by atoms with Crippen LogP contribution >= 0.6 is 34.8 Å². The Hall–Kier alpha value is 0.830. The largest absolute Gasteiger partial charge is 0.388 e. The quantitative estimate of drug-likeness (QED) is 0.723. The minimum absolute atomic E-state index is 0.0347. The van der Waals surface area contributed by atoms with Gasteiger partial charge in [0.1, 0.15) is 6.10 Å². The van der Waals surface area contributed by atoms with Crippen LogP contribution in [-0.4, -0.2) is 15.0 Å². The van der Waals surface area contributed by atoms with Crippen LogP contribution in [0.15, 0.2) is 0 Å². The van der Waals surface area contributed by atoms with Crippen LogP contribution in [0.3, 0.4) is 0 Å². The second-order valence-corrected chi connectivity index (χ2v) is 5.12. The third-order valence-corrected chi connectivity index (χ3v) is 2.29. The summed E-state index contributed by atoms with van der Waals surface area (Å²) in [5.74, 6) is 0.0347. The van der Waals surface area contributed by atoms with Crippen LogP contribution in [-0.2, 0) is 0 Å². The zero-order valence-corrected chi connectivity index (χ0v) is 8.92. The highest BCUT2D eigenvalue weighted by atomic mass is 35.6. The average molecular weight is 220 g/mol. The van der Waals surface area contributed by atoms with Crippen LogP contribution in [0.2, 0.25) is 0 Å². The first-order valence-electron chi connectivity index (χ1n) is 3.64. The fraction of sp³-hybridized carbons (Fsp3) is 1.00. The summed E-state index contributed by atoms with van der Waals surface area (Å²) in [5.41, 5.74) is 0. The average Bonchev–Trinajstić information content (AvgIpc) is 1.85. The zero-order valence-electron chi connectivity index (χ0n) is 6.65. The van der Waals surface area contributed by atoms with Gasteiger partial charge in [0.25, 0.3) is 0 Å². The molecular formula is C7H13Cl3O. The summed E-state index contributed by atoms with van der Waals surface area (Å²) >= 11 is 16.5. The normalized spacial score (nSPS) is 18.0. The van der Waals surface area contributed by atoms with Crippen LogP contribution in [0.1, 0.15) is 26.7 Å². The lowest BCUT2D eigenvalue weighted by Gasteiger charge is -2.24. The summed E-state index contributed by atoms with van der Waals surface area (Å²) in [7, 11) is 0. The number of hydrogen-bond donors (Lipinski definition) is 1. The van der Waals surface area contributed by atoms with E-state index in [-0.39, 0.29) is 5.92 Å². The maximum atomic E-state index is 9.39. The summed E-state index contributed by atoms with van der Waals surface area (Å²) in [4.78, 5) is 0. The van der Waals surface area contributed by atoms with Crippen molar-refractivity contribution in [2.75, 3.05) is 0 Å². The van der Waals surface area contributed by atoms with Crippen molar-refractivity contribution in [3.63, 3.8) is 0 Å². The fourth-order valence-corrected chi connectivity index (χ4v) is 1.58. The molecule has 11 heavy (non-hydrogen) atoms. The highest BCUT2D eigenvalue weighted by Gasteiger charge is 2.34. The third-order valence-electron chi connectivity index (χ3n) is 1.62. The topological polar surface area (TPSA) is 20.2 Å². The Bertz CT molecular complexity index is 111. The molecule has 0 amide bonds. The number of hydrogen-bond acceptors (Lipinski definition) is 1. The van der Waals surface area contributed by atoms with E-state index in [0.29, 0.717) is 0 Å². The molecule has 4 heteroatoms. The van der Waals surface area contributed by atoms with Gasteiger partial charge < -0.3 is 5.11 Å². The van der Waals surface area contributed by atoms with Gasteiger partial charge in [-0.15, -0.1) is 0 Å².